The Hall–Kier alpha value is -2.75. The number of rotatable bonds is 5. The van der Waals surface area contributed by atoms with E-state index in [2.05, 4.69) is 31.6 Å². The second-order valence-electron chi connectivity index (χ2n) is 4.56. The highest BCUT2D eigenvalue weighted by Gasteiger charge is 2.25. The number of aromatic carboxylic acids is 2. The van der Waals surface area contributed by atoms with Crippen molar-refractivity contribution < 1.29 is 24.6 Å². The molecule has 10 heteroatoms. The van der Waals surface area contributed by atoms with Crippen LogP contribution in [-0.2, 0) is 11.3 Å². The topological polar surface area (TPSA) is 134 Å². The molecule has 0 spiro atoms. The van der Waals surface area contributed by atoms with E-state index in [0.717, 1.165) is 14.7 Å². The van der Waals surface area contributed by atoms with Crippen molar-refractivity contribution in [3.63, 3.8) is 0 Å². The zero-order valence-corrected chi connectivity index (χ0v) is 13.4. The van der Waals surface area contributed by atoms with E-state index in [1.165, 1.54) is 0 Å². The van der Waals surface area contributed by atoms with Gasteiger partial charge in [0.15, 0.2) is 5.69 Å². The van der Waals surface area contributed by atoms with Crippen LogP contribution < -0.4 is 5.32 Å². The van der Waals surface area contributed by atoms with Crippen molar-refractivity contribution in [2.24, 2.45) is 0 Å². The lowest BCUT2D eigenvalue weighted by Crippen LogP contribution is -2.23. The number of amides is 1. The number of nitrogens with zero attached hydrogens (tertiary/aromatic N) is 3. The third-order valence-electron chi connectivity index (χ3n) is 2.90. The summed E-state index contributed by atoms with van der Waals surface area (Å²) in [6, 6.07) is 5.22. The van der Waals surface area contributed by atoms with Gasteiger partial charge in [0.25, 0.3) is 0 Å². The van der Waals surface area contributed by atoms with Crippen LogP contribution in [-0.4, -0.2) is 43.1 Å². The molecule has 1 heterocycles. The van der Waals surface area contributed by atoms with Gasteiger partial charge in [-0.2, -0.15) is 0 Å². The van der Waals surface area contributed by atoms with Gasteiger partial charge in [0.05, 0.1) is 0 Å². The van der Waals surface area contributed by atoms with Crippen molar-refractivity contribution in [3.05, 3.63) is 39.6 Å². The van der Waals surface area contributed by atoms with E-state index >= 15 is 0 Å². The maximum absolute atomic E-state index is 12.0. The maximum atomic E-state index is 12.0. The first kappa shape index (κ1) is 16.6. The Labute approximate surface area is 138 Å². The quantitative estimate of drug-likeness (QED) is 0.710. The Bertz CT molecular complexity index is 802. The van der Waals surface area contributed by atoms with E-state index in [0.29, 0.717) is 5.69 Å². The summed E-state index contributed by atoms with van der Waals surface area (Å²) in [6.07, 6.45) is 0. The van der Waals surface area contributed by atoms with Gasteiger partial charge in [-0.3, -0.25) is 4.79 Å². The molecule has 0 radical (unpaired) electrons. The predicted molar refractivity (Wildman–Crippen MR) is 81.4 cm³/mol. The van der Waals surface area contributed by atoms with Crippen LogP contribution in [0.5, 0.6) is 0 Å². The highest BCUT2D eigenvalue weighted by atomic mass is 79.9. The summed E-state index contributed by atoms with van der Waals surface area (Å²) in [5, 5.41) is 27.2. The number of hydrogen-bond donors (Lipinski definition) is 3. The first-order valence-corrected chi connectivity index (χ1v) is 7.05. The van der Waals surface area contributed by atoms with Crippen LogP contribution in [0.4, 0.5) is 5.69 Å². The molecule has 1 aromatic heterocycles. The Morgan fingerprint density at radius 2 is 1.96 bits per heavy atom. The van der Waals surface area contributed by atoms with Crippen LogP contribution in [0.15, 0.2) is 22.7 Å². The van der Waals surface area contributed by atoms with Gasteiger partial charge in [0, 0.05) is 10.2 Å². The SMILES string of the molecule is Cc1cc(Br)ccc1NC(=O)Cn1nnc(C(=O)O)c1C(=O)O. The van der Waals surface area contributed by atoms with E-state index < -0.39 is 35.8 Å². The fourth-order valence-electron chi connectivity index (χ4n) is 1.87. The number of carboxylic acid groups (broad SMARTS) is 2. The average Bonchev–Trinajstić information content (AvgIpc) is 2.86. The number of carboxylic acids is 2. The first-order valence-electron chi connectivity index (χ1n) is 6.25. The Kier molecular flexibility index (Phi) is 4.74. The second-order valence-corrected chi connectivity index (χ2v) is 5.48. The van der Waals surface area contributed by atoms with E-state index in [1.807, 2.05) is 0 Å². The normalized spacial score (nSPS) is 10.3. The molecular weight excluding hydrogens is 372 g/mol. The van der Waals surface area contributed by atoms with E-state index in [9.17, 15) is 14.4 Å². The van der Waals surface area contributed by atoms with Crippen LogP contribution in [0, 0.1) is 6.92 Å². The zero-order valence-electron chi connectivity index (χ0n) is 11.8. The minimum atomic E-state index is -1.53. The molecule has 0 atom stereocenters. The lowest BCUT2D eigenvalue weighted by atomic mass is 10.2. The van der Waals surface area contributed by atoms with Gasteiger partial charge in [0.1, 0.15) is 6.54 Å². The highest BCUT2D eigenvalue weighted by Crippen LogP contribution is 2.20. The lowest BCUT2D eigenvalue weighted by molar-refractivity contribution is -0.117. The summed E-state index contributed by atoms with van der Waals surface area (Å²) in [7, 11) is 0. The molecule has 2 aromatic rings. The molecule has 0 saturated carbocycles. The number of benzene rings is 1. The third kappa shape index (κ3) is 3.72. The molecular formula is C13H11BrN4O5. The number of hydrogen-bond acceptors (Lipinski definition) is 5. The summed E-state index contributed by atoms with van der Waals surface area (Å²) in [5.74, 6) is -3.61. The van der Waals surface area contributed by atoms with Crippen molar-refractivity contribution in [2.45, 2.75) is 13.5 Å². The van der Waals surface area contributed by atoms with Crippen molar-refractivity contribution in [2.75, 3.05) is 5.32 Å². The molecule has 2 rings (SSSR count). The molecule has 1 amide bonds. The summed E-state index contributed by atoms with van der Waals surface area (Å²) in [6.45, 7) is 1.32. The largest absolute Gasteiger partial charge is 0.476 e. The van der Waals surface area contributed by atoms with Gasteiger partial charge in [-0.1, -0.05) is 21.1 Å². The molecule has 0 unspecified atom stereocenters. The first-order chi connectivity index (χ1) is 10.8. The molecule has 0 saturated heterocycles. The Morgan fingerprint density at radius 3 is 2.52 bits per heavy atom. The molecule has 1 aromatic carbocycles. The highest BCUT2D eigenvalue weighted by molar-refractivity contribution is 9.10. The van der Waals surface area contributed by atoms with Gasteiger partial charge in [0.2, 0.25) is 11.6 Å². The number of aryl methyl sites for hydroxylation is 1. The van der Waals surface area contributed by atoms with E-state index in [-0.39, 0.29) is 0 Å². The van der Waals surface area contributed by atoms with Crippen molar-refractivity contribution in [1.82, 2.24) is 15.0 Å². The zero-order chi connectivity index (χ0) is 17.1. The van der Waals surface area contributed by atoms with Crippen molar-refractivity contribution in [1.29, 1.82) is 0 Å². The second kappa shape index (κ2) is 6.57. The molecule has 0 fully saturated rings. The van der Waals surface area contributed by atoms with Gasteiger partial charge >= 0.3 is 11.9 Å². The maximum Gasteiger partial charge on any atom is 0.359 e. The van der Waals surface area contributed by atoms with Gasteiger partial charge in [-0.15, -0.1) is 5.10 Å². The van der Waals surface area contributed by atoms with Gasteiger partial charge in [-0.05, 0) is 30.7 Å². The molecule has 9 nitrogen and oxygen atoms in total. The monoisotopic (exact) mass is 382 g/mol. The molecule has 3 N–H and O–H groups in total. The number of carbonyl (C=O) groups excluding carboxylic acids is 1. The number of aromatic nitrogens is 3. The minimum Gasteiger partial charge on any atom is -0.476 e. The summed E-state index contributed by atoms with van der Waals surface area (Å²) in [4.78, 5) is 34.1. The average molecular weight is 383 g/mol. The van der Waals surface area contributed by atoms with Crippen LogP contribution in [0.25, 0.3) is 0 Å². The van der Waals surface area contributed by atoms with Crippen LogP contribution in [0.1, 0.15) is 26.5 Å². The molecule has 0 bridgehead atoms. The molecule has 0 aliphatic rings. The predicted octanol–water partition coefficient (Wildman–Crippen LogP) is 1.38. The summed E-state index contributed by atoms with van der Waals surface area (Å²) < 4.78 is 1.58. The van der Waals surface area contributed by atoms with Crippen LogP contribution in [0.3, 0.4) is 0 Å². The lowest BCUT2D eigenvalue weighted by Gasteiger charge is -2.09. The van der Waals surface area contributed by atoms with Gasteiger partial charge in [-0.25, -0.2) is 14.3 Å². The summed E-state index contributed by atoms with van der Waals surface area (Å²) in [5.41, 5.74) is -0.0186. The Balaban J connectivity index is 2.20. The van der Waals surface area contributed by atoms with Gasteiger partial charge < -0.3 is 15.5 Å². The molecule has 120 valence electrons. The van der Waals surface area contributed by atoms with E-state index in [1.54, 1.807) is 25.1 Å². The molecule has 0 aliphatic heterocycles. The van der Waals surface area contributed by atoms with Crippen molar-refractivity contribution in [3.8, 4) is 0 Å². The van der Waals surface area contributed by atoms with Crippen LogP contribution in [0.2, 0.25) is 0 Å². The molecule has 0 aliphatic carbocycles. The van der Waals surface area contributed by atoms with Crippen molar-refractivity contribution >= 4 is 39.5 Å². The molecule has 23 heavy (non-hydrogen) atoms. The minimum absolute atomic E-state index is 0.475. The number of carbonyl (C=O) groups is 3. The summed E-state index contributed by atoms with van der Waals surface area (Å²) >= 11 is 3.30. The third-order valence-corrected chi connectivity index (χ3v) is 3.39. The number of anilines is 1. The number of nitrogens with one attached hydrogen (secondary N) is 1. The number of halogens is 1. The fraction of sp³-hybridized carbons (Fsp3) is 0.154. The van der Waals surface area contributed by atoms with Crippen LogP contribution >= 0.6 is 15.9 Å². The standard InChI is InChI=1S/C13H11BrN4O5/c1-6-4-7(14)2-3-8(6)15-9(19)5-18-11(13(22)23)10(12(20)21)16-17-18/h2-4H,5H2,1H3,(H,15,19)(H,20,21)(H,22,23). The Morgan fingerprint density at radius 1 is 1.26 bits per heavy atom. The fourth-order valence-corrected chi connectivity index (χ4v) is 2.35. The smallest absolute Gasteiger partial charge is 0.359 e. The van der Waals surface area contributed by atoms with E-state index in [4.69, 9.17) is 10.2 Å².